The topological polar surface area (TPSA) is 119 Å². The first-order valence-electron chi connectivity index (χ1n) is 5.94. The van der Waals surface area contributed by atoms with Crippen LogP contribution in [-0.2, 0) is 0 Å². The minimum atomic E-state index is -1.02. The van der Waals surface area contributed by atoms with Crippen molar-refractivity contribution in [2.24, 2.45) is 4.99 Å². The maximum absolute atomic E-state index is 13.2. The van der Waals surface area contributed by atoms with E-state index in [4.69, 9.17) is 11.6 Å². The lowest BCUT2D eigenvalue weighted by atomic mass is 10.2. The van der Waals surface area contributed by atoms with Gasteiger partial charge in [-0.25, -0.2) is 0 Å². The van der Waals surface area contributed by atoms with E-state index in [9.17, 15) is 29.7 Å². The van der Waals surface area contributed by atoms with Gasteiger partial charge in [-0.15, -0.1) is 0 Å². The molecule has 0 heterocycles. The molecule has 0 saturated carbocycles. The fourth-order valence-electron chi connectivity index (χ4n) is 1.71. The number of phenols is 1. The number of nitro groups is 2. The van der Waals surface area contributed by atoms with Gasteiger partial charge in [0.25, 0.3) is 0 Å². The third-order valence-electron chi connectivity index (χ3n) is 2.76. The number of hydrogen-bond acceptors (Lipinski definition) is 6. The second-order valence-electron chi connectivity index (χ2n) is 4.27. The van der Waals surface area contributed by atoms with E-state index >= 15 is 0 Å². The molecule has 10 heteroatoms. The SMILES string of the molecule is O=[N+]([O-])c1cc(N=Cc2cc(Cl)cc([N+](=O)[O-])c2O)ccc1F. The van der Waals surface area contributed by atoms with Gasteiger partial charge >= 0.3 is 11.4 Å². The van der Waals surface area contributed by atoms with E-state index in [0.717, 1.165) is 24.4 Å². The molecule has 0 unspecified atom stereocenters. The highest BCUT2D eigenvalue weighted by molar-refractivity contribution is 6.31. The van der Waals surface area contributed by atoms with E-state index in [0.29, 0.717) is 0 Å². The minimum Gasteiger partial charge on any atom is -0.502 e. The monoisotopic (exact) mass is 339 g/mol. The van der Waals surface area contributed by atoms with Gasteiger partial charge < -0.3 is 5.11 Å². The van der Waals surface area contributed by atoms with Gasteiger partial charge in [0.05, 0.1) is 15.5 Å². The van der Waals surface area contributed by atoms with E-state index < -0.39 is 32.8 Å². The molecule has 118 valence electrons. The summed E-state index contributed by atoms with van der Waals surface area (Å²) in [5.74, 6) is -1.67. The Bertz CT molecular complexity index is 841. The Kier molecular flexibility index (Phi) is 4.51. The van der Waals surface area contributed by atoms with Crippen LogP contribution in [0.5, 0.6) is 5.75 Å². The van der Waals surface area contributed by atoms with Crippen LogP contribution in [0.2, 0.25) is 5.02 Å². The summed E-state index contributed by atoms with van der Waals surface area (Å²) in [6.45, 7) is 0. The molecule has 0 aliphatic rings. The van der Waals surface area contributed by atoms with Gasteiger partial charge in [-0.3, -0.25) is 25.2 Å². The Morgan fingerprint density at radius 3 is 2.39 bits per heavy atom. The molecule has 0 saturated heterocycles. The predicted molar refractivity (Wildman–Crippen MR) is 80.1 cm³/mol. The number of benzene rings is 2. The Labute approximate surface area is 132 Å². The molecule has 0 aromatic heterocycles. The largest absolute Gasteiger partial charge is 0.502 e. The Balaban J connectivity index is 2.43. The summed E-state index contributed by atoms with van der Waals surface area (Å²) in [6, 6.07) is 5.13. The number of nitrogens with zero attached hydrogens (tertiary/aromatic N) is 3. The van der Waals surface area contributed by atoms with Crippen LogP contribution in [0.1, 0.15) is 5.56 Å². The molecule has 0 aliphatic heterocycles. The van der Waals surface area contributed by atoms with Crippen LogP contribution in [0.25, 0.3) is 0 Å². The molecule has 2 rings (SSSR count). The highest BCUT2D eigenvalue weighted by Gasteiger charge is 2.18. The third-order valence-corrected chi connectivity index (χ3v) is 2.98. The quantitative estimate of drug-likeness (QED) is 0.516. The zero-order valence-electron chi connectivity index (χ0n) is 11.1. The lowest BCUT2D eigenvalue weighted by Gasteiger charge is -2.01. The highest BCUT2D eigenvalue weighted by Crippen LogP contribution is 2.32. The molecule has 2 aromatic carbocycles. The van der Waals surface area contributed by atoms with Crippen molar-refractivity contribution in [3.05, 3.63) is 67.0 Å². The van der Waals surface area contributed by atoms with Crippen LogP contribution in [0.15, 0.2) is 35.3 Å². The molecule has 0 amide bonds. The van der Waals surface area contributed by atoms with Gasteiger partial charge in [-0.05, 0) is 18.2 Å². The van der Waals surface area contributed by atoms with Gasteiger partial charge in [0.1, 0.15) is 0 Å². The molecular formula is C13H7ClFN3O5. The summed E-state index contributed by atoms with van der Waals surface area (Å²) in [5.41, 5.74) is -1.40. The van der Waals surface area contributed by atoms with Gasteiger partial charge in [0.15, 0.2) is 0 Å². The predicted octanol–water partition coefficient (Wildman–Crippen LogP) is 3.75. The summed E-state index contributed by atoms with van der Waals surface area (Å²) in [4.78, 5) is 23.5. The Hall–Kier alpha value is -3.07. The number of phenolic OH excluding ortho intramolecular Hbond substituents is 1. The summed E-state index contributed by atoms with van der Waals surface area (Å²) in [7, 11) is 0. The van der Waals surface area contributed by atoms with Crippen molar-refractivity contribution in [2.75, 3.05) is 0 Å². The molecule has 0 atom stereocenters. The van der Waals surface area contributed by atoms with Crippen molar-refractivity contribution < 1.29 is 19.3 Å². The molecule has 0 bridgehead atoms. The number of nitro benzene ring substituents is 2. The van der Waals surface area contributed by atoms with Crippen LogP contribution >= 0.6 is 11.6 Å². The Morgan fingerprint density at radius 2 is 1.78 bits per heavy atom. The van der Waals surface area contributed by atoms with Crippen LogP contribution in [-0.4, -0.2) is 21.2 Å². The second kappa shape index (κ2) is 6.36. The van der Waals surface area contributed by atoms with Crippen LogP contribution in [0.4, 0.5) is 21.5 Å². The maximum atomic E-state index is 13.2. The molecule has 0 fully saturated rings. The van der Waals surface area contributed by atoms with Crippen LogP contribution in [0, 0.1) is 26.0 Å². The van der Waals surface area contributed by atoms with Crippen molar-refractivity contribution in [3.63, 3.8) is 0 Å². The lowest BCUT2D eigenvalue weighted by molar-refractivity contribution is -0.387. The van der Waals surface area contributed by atoms with Gasteiger partial charge in [-0.1, -0.05) is 11.6 Å². The maximum Gasteiger partial charge on any atom is 0.312 e. The summed E-state index contributed by atoms with van der Waals surface area (Å²) < 4.78 is 13.2. The van der Waals surface area contributed by atoms with E-state index in [1.165, 1.54) is 12.1 Å². The molecular weight excluding hydrogens is 333 g/mol. The van der Waals surface area contributed by atoms with Crippen molar-refractivity contribution in [2.45, 2.75) is 0 Å². The average Bonchev–Trinajstić information content (AvgIpc) is 2.48. The summed E-state index contributed by atoms with van der Waals surface area (Å²) in [5, 5.41) is 31.2. The zero-order valence-corrected chi connectivity index (χ0v) is 11.9. The number of hydrogen-bond donors (Lipinski definition) is 1. The fraction of sp³-hybridized carbons (Fsp3) is 0. The second-order valence-corrected chi connectivity index (χ2v) is 4.71. The Morgan fingerprint density at radius 1 is 1.13 bits per heavy atom. The third kappa shape index (κ3) is 3.58. The van der Waals surface area contributed by atoms with E-state index in [1.54, 1.807) is 0 Å². The van der Waals surface area contributed by atoms with Crippen molar-refractivity contribution in [1.82, 2.24) is 0 Å². The summed E-state index contributed by atoms with van der Waals surface area (Å²) >= 11 is 5.72. The number of halogens is 2. The van der Waals surface area contributed by atoms with Gasteiger partial charge in [0.2, 0.25) is 11.6 Å². The molecule has 8 nitrogen and oxygen atoms in total. The number of aliphatic imine (C=N–C) groups is 1. The van der Waals surface area contributed by atoms with E-state index in [2.05, 4.69) is 4.99 Å². The first kappa shape index (κ1) is 16.3. The van der Waals surface area contributed by atoms with Gasteiger partial charge in [0, 0.05) is 28.9 Å². The fourth-order valence-corrected chi connectivity index (χ4v) is 1.93. The van der Waals surface area contributed by atoms with E-state index in [-0.39, 0.29) is 16.3 Å². The first-order chi connectivity index (χ1) is 10.8. The van der Waals surface area contributed by atoms with Crippen molar-refractivity contribution >= 4 is 34.9 Å². The van der Waals surface area contributed by atoms with Crippen LogP contribution in [0.3, 0.4) is 0 Å². The van der Waals surface area contributed by atoms with Crippen LogP contribution < -0.4 is 0 Å². The molecule has 0 aliphatic carbocycles. The molecule has 2 aromatic rings. The zero-order chi connectivity index (χ0) is 17.1. The standard InChI is InChI=1S/C13H7ClFN3O5/c14-8-3-7(13(19)12(4-8)18(22)23)6-16-9-1-2-10(15)11(5-9)17(20)21/h1-6,19H. The average molecular weight is 340 g/mol. The first-order valence-corrected chi connectivity index (χ1v) is 6.32. The van der Waals surface area contributed by atoms with Crippen molar-refractivity contribution in [1.29, 1.82) is 0 Å². The van der Waals surface area contributed by atoms with E-state index in [1.807, 2.05) is 0 Å². The van der Waals surface area contributed by atoms with Gasteiger partial charge in [-0.2, -0.15) is 4.39 Å². The molecule has 23 heavy (non-hydrogen) atoms. The summed E-state index contributed by atoms with van der Waals surface area (Å²) in [6.07, 6.45) is 1.03. The highest BCUT2D eigenvalue weighted by atomic mass is 35.5. The minimum absolute atomic E-state index is 0.000960. The molecule has 1 N–H and O–H groups in total. The number of aromatic hydroxyl groups is 1. The smallest absolute Gasteiger partial charge is 0.312 e. The number of rotatable bonds is 4. The van der Waals surface area contributed by atoms with Crippen molar-refractivity contribution in [3.8, 4) is 5.75 Å². The normalized spacial score (nSPS) is 10.9. The lowest BCUT2D eigenvalue weighted by Crippen LogP contribution is -1.93. The molecule has 0 radical (unpaired) electrons. The molecule has 0 spiro atoms.